The second-order valence-electron chi connectivity index (χ2n) is 5.45. The first-order chi connectivity index (χ1) is 9.81. The lowest BCUT2D eigenvalue weighted by molar-refractivity contribution is 0.132. The molecule has 3 heterocycles. The van der Waals surface area contributed by atoms with Gasteiger partial charge in [-0.3, -0.25) is 4.90 Å². The van der Waals surface area contributed by atoms with Crippen molar-refractivity contribution >= 4 is 22.7 Å². The van der Waals surface area contributed by atoms with Gasteiger partial charge in [0.25, 0.3) is 0 Å². The van der Waals surface area contributed by atoms with Gasteiger partial charge in [-0.05, 0) is 50.6 Å². The molecule has 0 amide bonds. The van der Waals surface area contributed by atoms with Crippen molar-refractivity contribution in [1.29, 1.82) is 0 Å². The van der Waals surface area contributed by atoms with Crippen molar-refractivity contribution in [2.24, 2.45) is 0 Å². The lowest BCUT2D eigenvalue weighted by atomic mass is 9.97. The highest BCUT2D eigenvalue weighted by atomic mass is 32.1. The Morgan fingerprint density at radius 1 is 1.35 bits per heavy atom. The number of likely N-dealkylation sites (tertiary alicyclic amines) is 1. The lowest BCUT2D eigenvalue weighted by Gasteiger charge is -2.35. The Morgan fingerprint density at radius 2 is 2.30 bits per heavy atom. The van der Waals surface area contributed by atoms with Crippen molar-refractivity contribution in [3.05, 3.63) is 32.4 Å². The third kappa shape index (κ3) is 3.65. The predicted molar refractivity (Wildman–Crippen MR) is 85.3 cm³/mol. The molecule has 0 aromatic carbocycles. The zero-order chi connectivity index (χ0) is 13.8. The normalized spacial score (nSPS) is 20.4. The number of piperidine rings is 1. The maximum absolute atomic E-state index is 4.28. The van der Waals surface area contributed by atoms with E-state index < -0.39 is 0 Å². The van der Waals surface area contributed by atoms with Gasteiger partial charge in [0, 0.05) is 10.9 Å². The molecule has 1 aliphatic heterocycles. The summed E-state index contributed by atoms with van der Waals surface area (Å²) in [4.78, 5) is 4.14. The molecule has 20 heavy (non-hydrogen) atoms. The first kappa shape index (κ1) is 14.2. The fourth-order valence-corrected chi connectivity index (χ4v) is 4.39. The van der Waals surface area contributed by atoms with E-state index in [2.05, 4.69) is 32.6 Å². The van der Waals surface area contributed by atoms with Crippen molar-refractivity contribution in [3.8, 4) is 0 Å². The monoisotopic (exact) mass is 307 g/mol. The predicted octanol–water partition coefficient (Wildman–Crippen LogP) is 3.90. The highest BCUT2D eigenvalue weighted by Crippen LogP contribution is 2.25. The minimum atomic E-state index is 0.718. The highest BCUT2D eigenvalue weighted by molar-refractivity contribution is 7.11. The summed E-state index contributed by atoms with van der Waals surface area (Å²) < 4.78 is 0. The van der Waals surface area contributed by atoms with Crippen LogP contribution < -0.4 is 0 Å². The zero-order valence-electron chi connectivity index (χ0n) is 11.9. The van der Waals surface area contributed by atoms with Crippen LogP contribution in [0.25, 0.3) is 0 Å². The van der Waals surface area contributed by atoms with E-state index in [0.717, 1.165) is 17.6 Å². The van der Waals surface area contributed by atoms with Gasteiger partial charge in [0.2, 0.25) is 0 Å². The molecule has 3 rings (SSSR count). The van der Waals surface area contributed by atoms with Crippen LogP contribution in [0.3, 0.4) is 0 Å². The minimum Gasteiger partial charge on any atom is -0.294 e. The minimum absolute atomic E-state index is 0.718. The third-order valence-corrected chi connectivity index (χ3v) is 5.72. The Labute approximate surface area is 128 Å². The van der Waals surface area contributed by atoms with Gasteiger partial charge in [-0.15, -0.1) is 32.9 Å². The van der Waals surface area contributed by atoms with Crippen molar-refractivity contribution in [2.75, 3.05) is 6.54 Å². The van der Waals surface area contributed by atoms with E-state index in [1.165, 1.54) is 48.5 Å². The number of aromatic nitrogens is 2. The van der Waals surface area contributed by atoms with E-state index in [1.807, 2.05) is 18.3 Å². The number of hydrogen-bond donors (Lipinski definition) is 0. The fraction of sp³-hybridized carbons (Fsp3) is 0.600. The summed E-state index contributed by atoms with van der Waals surface area (Å²) in [6.45, 7) is 4.24. The highest BCUT2D eigenvalue weighted by Gasteiger charge is 2.23. The zero-order valence-corrected chi connectivity index (χ0v) is 13.6. The molecule has 108 valence electrons. The van der Waals surface area contributed by atoms with E-state index in [-0.39, 0.29) is 0 Å². The first-order valence-electron chi connectivity index (χ1n) is 7.36. The second-order valence-corrected chi connectivity index (χ2v) is 7.75. The molecule has 5 heteroatoms. The van der Waals surface area contributed by atoms with E-state index in [0.29, 0.717) is 0 Å². The average Bonchev–Trinajstić information content (AvgIpc) is 3.10. The molecule has 1 fully saturated rings. The van der Waals surface area contributed by atoms with Crippen LogP contribution in [-0.2, 0) is 13.0 Å². The van der Waals surface area contributed by atoms with E-state index >= 15 is 0 Å². The largest absolute Gasteiger partial charge is 0.294 e. The van der Waals surface area contributed by atoms with Gasteiger partial charge >= 0.3 is 0 Å². The molecule has 1 saturated heterocycles. The maximum atomic E-state index is 4.28. The molecule has 1 atom stereocenters. The summed E-state index contributed by atoms with van der Waals surface area (Å²) in [6, 6.07) is 5.13. The summed E-state index contributed by atoms with van der Waals surface area (Å²) in [6.07, 6.45) is 6.53. The third-order valence-electron chi connectivity index (χ3n) is 3.96. The van der Waals surface area contributed by atoms with Crippen molar-refractivity contribution < 1.29 is 0 Å². The molecule has 0 saturated carbocycles. The molecular weight excluding hydrogens is 286 g/mol. The van der Waals surface area contributed by atoms with Gasteiger partial charge in [-0.25, -0.2) is 0 Å². The molecule has 0 spiro atoms. The van der Waals surface area contributed by atoms with Gasteiger partial charge < -0.3 is 0 Å². The summed E-state index contributed by atoms with van der Waals surface area (Å²) >= 11 is 3.62. The smallest absolute Gasteiger partial charge is 0.131 e. The number of thiophene rings is 1. The van der Waals surface area contributed by atoms with Crippen molar-refractivity contribution in [1.82, 2.24) is 15.1 Å². The number of rotatable bonds is 5. The van der Waals surface area contributed by atoms with Crippen LogP contribution in [0.15, 0.2) is 17.5 Å². The van der Waals surface area contributed by atoms with Gasteiger partial charge in [-0.1, -0.05) is 12.5 Å². The molecular formula is C15H21N3S2. The number of aryl methyl sites for hydroxylation is 2. The quantitative estimate of drug-likeness (QED) is 0.839. The Morgan fingerprint density at radius 3 is 3.05 bits per heavy atom. The number of nitrogens with zero attached hydrogens (tertiary/aromatic N) is 3. The molecule has 3 nitrogen and oxygen atoms in total. The molecule has 0 radical (unpaired) electrons. The first-order valence-corrected chi connectivity index (χ1v) is 9.06. The van der Waals surface area contributed by atoms with Gasteiger partial charge in [0.1, 0.15) is 10.0 Å². The summed E-state index contributed by atoms with van der Waals surface area (Å²) in [5, 5.41) is 12.8. The molecule has 2 aromatic rings. The number of hydrogen-bond acceptors (Lipinski definition) is 5. The van der Waals surface area contributed by atoms with E-state index in [1.54, 1.807) is 11.3 Å². The molecule has 1 aliphatic rings. The Kier molecular flexibility index (Phi) is 4.81. The molecule has 0 aliphatic carbocycles. The maximum Gasteiger partial charge on any atom is 0.131 e. The van der Waals surface area contributed by atoms with E-state index in [9.17, 15) is 0 Å². The Hall–Kier alpha value is -0.780. The van der Waals surface area contributed by atoms with Crippen LogP contribution in [0.1, 0.15) is 40.6 Å². The topological polar surface area (TPSA) is 29.0 Å². The molecule has 2 aromatic heterocycles. The summed E-state index contributed by atoms with van der Waals surface area (Å²) in [5.74, 6) is 0. The molecule has 0 N–H and O–H groups in total. The Bertz CT molecular complexity index is 521. The summed E-state index contributed by atoms with van der Waals surface area (Å²) in [7, 11) is 0. The van der Waals surface area contributed by atoms with Gasteiger partial charge in [0.05, 0.1) is 6.54 Å². The SMILES string of the molecule is Cc1nnc(CN2CCCCC2CCc2cccs2)s1. The second kappa shape index (κ2) is 6.78. The molecule has 1 unspecified atom stereocenters. The molecule has 0 bridgehead atoms. The van der Waals surface area contributed by atoms with Crippen molar-refractivity contribution in [2.45, 2.75) is 51.6 Å². The Balaban J connectivity index is 1.58. The van der Waals surface area contributed by atoms with Crippen LogP contribution in [0.4, 0.5) is 0 Å². The van der Waals surface area contributed by atoms with E-state index in [4.69, 9.17) is 0 Å². The summed E-state index contributed by atoms with van der Waals surface area (Å²) in [5.41, 5.74) is 0. The van der Waals surface area contributed by atoms with Crippen LogP contribution in [0.5, 0.6) is 0 Å². The van der Waals surface area contributed by atoms with Crippen LogP contribution in [0.2, 0.25) is 0 Å². The van der Waals surface area contributed by atoms with Crippen molar-refractivity contribution in [3.63, 3.8) is 0 Å². The van der Waals surface area contributed by atoms with Crippen LogP contribution in [-0.4, -0.2) is 27.7 Å². The van der Waals surface area contributed by atoms with Crippen LogP contribution in [0, 0.1) is 6.92 Å². The van der Waals surface area contributed by atoms with Crippen LogP contribution >= 0.6 is 22.7 Å². The standard InChI is InChI=1S/C15H21N3S2/c1-12-16-17-15(20-12)11-18-9-3-2-5-13(18)7-8-14-6-4-10-19-14/h4,6,10,13H,2-3,5,7-9,11H2,1H3. The fourth-order valence-electron chi connectivity index (χ4n) is 2.93. The average molecular weight is 307 g/mol. The van der Waals surface area contributed by atoms with Gasteiger partial charge in [-0.2, -0.15) is 0 Å². The lowest BCUT2D eigenvalue weighted by Crippen LogP contribution is -2.39. The van der Waals surface area contributed by atoms with Gasteiger partial charge in [0.15, 0.2) is 0 Å².